The van der Waals surface area contributed by atoms with Crippen molar-refractivity contribution in [3.8, 4) is 22.4 Å². The van der Waals surface area contributed by atoms with Crippen LogP contribution in [0.15, 0.2) is 103 Å². The Balaban J connectivity index is 1.17. The van der Waals surface area contributed by atoms with Crippen molar-refractivity contribution in [2.24, 2.45) is 11.8 Å². The van der Waals surface area contributed by atoms with E-state index in [0.29, 0.717) is 11.8 Å². The maximum Gasteiger partial charge on any atom is 0.253 e. The van der Waals surface area contributed by atoms with Crippen molar-refractivity contribution in [3.05, 3.63) is 120 Å². The minimum atomic E-state index is 0.150. The van der Waals surface area contributed by atoms with Crippen LogP contribution in [0, 0.1) is 11.8 Å². The first-order chi connectivity index (χ1) is 19.1. The largest absolute Gasteiger partial charge is 0.338 e. The van der Waals surface area contributed by atoms with Crippen molar-refractivity contribution in [1.29, 1.82) is 0 Å². The van der Waals surface area contributed by atoms with Gasteiger partial charge >= 0.3 is 0 Å². The lowest BCUT2D eigenvalue weighted by atomic mass is 10.0. The number of rotatable bonds is 5. The molecule has 0 radical (unpaired) electrons. The van der Waals surface area contributed by atoms with Gasteiger partial charge in [-0.2, -0.15) is 0 Å². The fourth-order valence-corrected chi connectivity index (χ4v) is 6.37. The molecule has 2 saturated heterocycles. The summed E-state index contributed by atoms with van der Waals surface area (Å²) in [6.45, 7) is 4.41. The van der Waals surface area contributed by atoms with Crippen LogP contribution in [0.3, 0.4) is 0 Å². The zero-order valence-corrected chi connectivity index (χ0v) is 22.3. The fourth-order valence-electron chi connectivity index (χ4n) is 6.25. The van der Waals surface area contributed by atoms with Crippen LogP contribution in [0.5, 0.6) is 0 Å². The molecule has 2 atom stereocenters. The van der Waals surface area contributed by atoms with Crippen LogP contribution in [-0.4, -0.2) is 51.3 Å². The number of likely N-dealkylation sites (tertiary alicyclic amines) is 2. The van der Waals surface area contributed by atoms with Gasteiger partial charge in [-0.05, 0) is 59.4 Å². The summed E-state index contributed by atoms with van der Waals surface area (Å²) in [6, 6.07) is 32.3. The quantitative estimate of drug-likeness (QED) is 0.258. The SMILES string of the molecule is O=C(c1ccccc1)N1CC2CN(Cc3c(-c4ccc(Cl)cc4)nc4ccc(-c5ccccc5)cn34)CC2C1. The number of aromatic nitrogens is 2. The summed E-state index contributed by atoms with van der Waals surface area (Å²) < 4.78 is 2.26. The summed E-state index contributed by atoms with van der Waals surface area (Å²) in [5, 5.41) is 0.720. The summed E-state index contributed by atoms with van der Waals surface area (Å²) in [5.41, 5.74) is 7.31. The third kappa shape index (κ3) is 4.62. The monoisotopic (exact) mass is 532 g/mol. The predicted molar refractivity (Wildman–Crippen MR) is 156 cm³/mol. The van der Waals surface area contributed by atoms with E-state index >= 15 is 0 Å². The smallest absolute Gasteiger partial charge is 0.253 e. The van der Waals surface area contributed by atoms with E-state index in [4.69, 9.17) is 16.6 Å². The number of halogens is 1. The molecule has 2 fully saturated rings. The van der Waals surface area contributed by atoms with Gasteiger partial charge in [-0.3, -0.25) is 9.69 Å². The van der Waals surface area contributed by atoms with Gasteiger partial charge in [0.25, 0.3) is 5.91 Å². The number of pyridine rings is 1. The predicted octanol–water partition coefficient (Wildman–Crippen LogP) is 6.53. The average Bonchev–Trinajstić information content (AvgIpc) is 3.66. The Morgan fingerprint density at radius 1 is 0.744 bits per heavy atom. The molecule has 7 rings (SSSR count). The Morgan fingerprint density at radius 2 is 1.38 bits per heavy atom. The molecule has 1 amide bonds. The Morgan fingerprint density at radius 3 is 2.08 bits per heavy atom. The van der Waals surface area contributed by atoms with E-state index in [0.717, 1.165) is 65.8 Å². The molecule has 39 heavy (non-hydrogen) atoms. The van der Waals surface area contributed by atoms with Crippen molar-refractivity contribution < 1.29 is 4.79 Å². The maximum atomic E-state index is 13.0. The highest BCUT2D eigenvalue weighted by Gasteiger charge is 2.42. The number of nitrogens with zero attached hydrogens (tertiary/aromatic N) is 4. The molecule has 5 nitrogen and oxygen atoms in total. The first-order valence-corrected chi connectivity index (χ1v) is 13.9. The fraction of sp³-hybridized carbons (Fsp3) is 0.212. The molecule has 0 spiro atoms. The minimum Gasteiger partial charge on any atom is -0.338 e. The van der Waals surface area contributed by atoms with Crippen LogP contribution in [0.1, 0.15) is 16.1 Å². The maximum absolute atomic E-state index is 13.0. The van der Waals surface area contributed by atoms with Crippen LogP contribution in [0.25, 0.3) is 28.0 Å². The van der Waals surface area contributed by atoms with Crippen molar-refractivity contribution in [3.63, 3.8) is 0 Å². The van der Waals surface area contributed by atoms with Crippen LogP contribution in [0.2, 0.25) is 5.02 Å². The molecule has 2 aliphatic heterocycles. The first-order valence-electron chi connectivity index (χ1n) is 13.5. The van der Waals surface area contributed by atoms with E-state index < -0.39 is 0 Å². The lowest BCUT2D eigenvalue weighted by molar-refractivity contribution is 0.0773. The number of benzene rings is 3. The molecule has 0 aliphatic carbocycles. The number of carbonyl (C=O) groups is 1. The van der Waals surface area contributed by atoms with Crippen LogP contribution >= 0.6 is 11.6 Å². The van der Waals surface area contributed by atoms with Crippen LogP contribution in [-0.2, 0) is 6.54 Å². The van der Waals surface area contributed by atoms with Crippen LogP contribution < -0.4 is 0 Å². The second-order valence-corrected chi connectivity index (χ2v) is 11.2. The Kier molecular flexibility index (Phi) is 6.18. The van der Waals surface area contributed by atoms with Gasteiger partial charge < -0.3 is 9.30 Å². The summed E-state index contributed by atoms with van der Waals surface area (Å²) >= 11 is 6.21. The number of hydrogen-bond donors (Lipinski definition) is 0. The summed E-state index contributed by atoms with van der Waals surface area (Å²) in [4.78, 5) is 22.7. The van der Waals surface area contributed by atoms with Crippen molar-refractivity contribution in [1.82, 2.24) is 19.2 Å². The highest BCUT2D eigenvalue weighted by molar-refractivity contribution is 6.30. The van der Waals surface area contributed by atoms with E-state index in [2.05, 4.69) is 64.0 Å². The molecule has 2 aromatic heterocycles. The molecule has 4 heterocycles. The topological polar surface area (TPSA) is 40.9 Å². The molecule has 194 valence electrons. The lowest BCUT2D eigenvalue weighted by Gasteiger charge is -2.22. The zero-order chi connectivity index (χ0) is 26.3. The van der Waals surface area contributed by atoms with Gasteiger partial charge in [0.05, 0.1) is 11.4 Å². The van der Waals surface area contributed by atoms with Gasteiger partial charge in [-0.25, -0.2) is 4.98 Å². The number of hydrogen-bond acceptors (Lipinski definition) is 3. The molecule has 5 aromatic rings. The molecule has 3 aromatic carbocycles. The molecular weight excluding hydrogens is 504 g/mol. The van der Waals surface area contributed by atoms with E-state index in [1.807, 2.05) is 53.4 Å². The van der Waals surface area contributed by atoms with Gasteiger partial charge in [0.1, 0.15) is 5.65 Å². The van der Waals surface area contributed by atoms with E-state index in [1.54, 1.807) is 0 Å². The second kappa shape index (κ2) is 9.99. The Bertz CT molecular complexity index is 1620. The molecule has 0 bridgehead atoms. The van der Waals surface area contributed by atoms with Gasteiger partial charge in [-0.1, -0.05) is 72.3 Å². The molecule has 2 unspecified atom stereocenters. The summed E-state index contributed by atoms with van der Waals surface area (Å²) in [6.07, 6.45) is 2.21. The molecular formula is C33H29ClN4O. The van der Waals surface area contributed by atoms with Crippen LogP contribution in [0.4, 0.5) is 0 Å². The van der Waals surface area contributed by atoms with E-state index in [1.165, 1.54) is 11.3 Å². The minimum absolute atomic E-state index is 0.150. The number of carbonyl (C=O) groups excluding carboxylic acids is 1. The van der Waals surface area contributed by atoms with Gasteiger partial charge in [0, 0.05) is 55.1 Å². The van der Waals surface area contributed by atoms with Gasteiger partial charge in [0.2, 0.25) is 0 Å². The molecule has 2 aliphatic rings. The third-order valence-corrected chi connectivity index (χ3v) is 8.44. The average molecular weight is 533 g/mol. The summed E-state index contributed by atoms with van der Waals surface area (Å²) in [5.74, 6) is 1.14. The standard InChI is InChI=1S/C33H29ClN4O/c34-29-14-11-24(12-15-29)32-30(38-21-26(13-16-31(38)35-32)23-7-3-1-4-8-23)22-36-17-27-19-37(20-28(27)18-36)33(39)25-9-5-2-6-10-25/h1-16,21,27-28H,17-20,22H2. The third-order valence-electron chi connectivity index (χ3n) is 8.19. The van der Waals surface area contributed by atoms with Crippen molar-refractivity contribution in [2.45, 2.75) is 6.54 Å². The number of imidazole rings is 1. The molecule has 0 N–H and O–H groups in total. The van der Waals surface area contributed by atoms with E-state index in [9.17, 15) is 4.79 Å². The first kappa shape index (κ1) is 24.1. The molecule has 0 saturated carbocycles. The molecule has 6 heteroatoms. The van der Waals surface area contributed by atoms with Crippen molar-refractivity contribution in [2.75, 3.05) is 26.2 Å². The second-order valence-electron chi connectivity index (χ2n) is 10.7. The Labute approximate surface area is 233 Å². The highest BCUT2D eigenvalue weighted by Crippen LogP contribution is 2.35. The highest BCUT2D eigenvalue weighted by atomic mass is 35.5. The van der Waals surface area contributed by atoms with Gasteiger partial charge in [-0.15, -0.1) is 0 Å². The normalized spacial score (nSPS) is 19.1. The lowest BCUT2D eigenvalue weighted by Crippen LogP contribution is -2.33. The van der Waals surface area contributed by atoms with Gasteiger partial charge in [0.15, 0.2) is 0 Å². The van der Waals surface area contributed by atoms with E-state index in [-0.39, 0.29) is 5.91 Å². The van der Waals surface area contributed by atoms with Crippen molar-refractivity contribution >= 4 is 23.2 Å². The zero-order valence-electron chi connectivity index (χ0n) is 21.6. The Hall–Kier alpha value is -3.93. The number of fused-ring (bicyclic) bond motifs is 2. The summed E-state index contributed by atoms with van der Waals surface area (Å²) in [7, 11) is 0. The number of amides is 1.